The van der Waals surface area contributed by atoms with Gasteiger partial charge in [-0.25, -0.2) is 0 Å². The van der Waals surface area contributed by atoms with Gasteiger partial charge in [-0.15, -0.1) is 6.58 Å². The lowest BCUT2D eigenvalue weighted by atomic mass is 10.0. The molecule has 0 spiro atoms. The molecular formula is C6H9O. The summed E-state index contributed by atoms with van der Waals surface area (Å²) in [6, 6.07) is 0. The molecule has 1 atom stereocenters. The predicted molar refractivity (Wildman–Crippen MR) is 28.6 cm³/mol. The van der Waals surface area contributed by atoms with E-state index < -0.39 is 0 Å². The van der Waals surface area contributed by atoms with Crippen molar-refractivity contribution < 1.29 is 4.74 Å². The summed E-state index contributed by atoms with van der Waals surface area (Å²) in [4.78, 5) is 0. The van der Waals surface area contributed by atoms with Crippen LogP contribution in [0.5, 0.6) is 0 Å². The topological polar surface area (TPSA) is 9.23 Å². The SMILES string of the molecule is C=C[C]1OCC1C. The molecule has 0 aromatic carbocycles. The predicted octanol–water partition coefficient (Wildman–Crippen LogP) is 1.37. The van der Waals surface area contributed by atoms with Gasteiger partial charge in [0.15, 0.2) is 0 Å². The third-order valence-corrected chi connectivity index (χ3v) is 1.19. The normalized spacial score (nSPS) is 31.9. The zero-order valence-corrected chi connectivity index (χ0v) is 4.48. The fourth-order valence-electron chi connectivity index (χ4n) is 0.606. The fourth-order valence-corrected chi connectivity index (χ4v) is 0.606. The first-order chi connectivity index (χ1) is 3.34. The maximum Gasteiger partial charge on any atom is 0.123 e. The Bertz CT molecular complexity index is 78.2. The first kappa shape index (κ1) is 4.85. The Kier molecular flexibility index (Phi) is 1.15. The van der Waals surface area contributed by atoms with Gasteiger partial charge in [0, 0.05) is 5.92 Å². The van der Waals surface area contributed by atoms with Crippen molar-refractivity contribution in [2.75, 3.05) is 6.61 Å². The monoisotopic (exact) mass is 97.1 g/mol. The Balaban J connectivity index is 2.28. The molecule has 1 nitrogen and oxygen atoms in total. The van der Waals surface area contributed by atoms with E-state index in [1.807, 2.05) is 0 Å². The first-order valence-corrected chi connectivity index (χ1v) is 2.46. The van der Waals surface area contributed by atoms with Crippen molar-refractivity contribution in [3.8, 4) is 0 Å². The Hall–Kier alpha value is -0.300. The largest absolute Gasteiger partial charge is 0.367 e. The van der Waals surface area contributed by atoms with Gasteiger partial charge in [0.2, 0.25) is 0 Å². The van der Waals surface area contributed by atoms with Crippen molar-refractivity contribution in [1.29, 1.82) is 0 Å². The Morgan fingerprint density at radius 3 is 2.71 bits per heavy atom. The smallest absolute Gasteiger partial charge is 0.123 e. The summed E-state index contributed by atoms with van der Waals surface area (Å²) in [5.41, 5.74) is 0. The van der Waals surface area contributed by atoms with Crippen LogP contribution in [0, 0.1) is 12.0 Å². The highest BCUT2D eigenvalue weighted by Crippen LogP contribution is 2.27. The van der Waals surface area contributed by atoms with E-state index in [9.17, 15) is 0 Å². The van der Waals surface area contributed by atoms with Crippen LogP contribution < -0.4 is 0 Å². The Morgan fingerprint density at radius 2 is 2.71 bits per heavy atom. The van der Waals surface area contributed by atoms with Crippen molar-refractivity contribution in [1.82, 2.24) is 0 Å². The molecule has 7 heavy (non-hydrogen) atoms. The van der Waals surface area contributed by atoms with Gasteiger partial charge in [0.25, 0.3) is 0 Å². The minimum atomic E-state index is 0.623. The number of hydrogen-bond acceptors (Lipinski definition) is 1. The summed E-state index contributed by atoms with van der Waals surface area (Å²) in [6.07, 6.45) is 2.81. The van der Waals surface area contributed by atoms with Gasteiger partial charge in [-0.1, -0.05) is 13.0 Å². The molecule has 1 radical (unpaired) electrons. The molecule has 1 rings (SSSR count). The maximum atomic E-state index is 4.99. The van der Waals surface area contributed by atoms with Gasteiger partial charge in [-0.05, 0) is 0 Å². The summed E-state index contributed by atoms with van der Waals surface area (Å²) < 4.78 is 4.99. The highest BCUT2D eigenvalue weighted by atomic mass is 16.5. The molecule has 0 aromatic heterocycles. The van der Waals surface area contributed by atoms with Crippen molar-refractivity contribution in [2.24, 2.45) is 5.92 Å². The van der Waals surface area contributed by atoms with Crippen LogP contribution in [-0.2, 0) is 4.74 Å². The summed E-state index contributed by atoms with van der Waals surface area (Å²) in [7, 11) is 0. The Morgan fingerprint density at radius 1 is 2.00 bits per heavy atom. The Labute approximate surface area is 44.0 Å². The highest BCUT2D eigenvalue weighted by Gasteiger charge is 2.25. The van der Waals surface area contributed by atoms with E-state index in [0.29, 0.717) is 5.92 Å². The molecule has 0 aromatic rings. The van der Waals surface area contributed by atoms with Crippen molar-refractivity contribution >= 4 is 0 Å². The first-order valence-electron chi connectivity index (χ1n) is 2.46. The molecule has 0 N–H and O–H groups in total. The van der Waals surface area contributed by atoms with Crippen LogP contribution in [0.1, 0.15) is 6.92 Å². The second-order valence-electron chi connectivity index (χ2n) is 1.82. The van der Waals surface area contributed by atoms with Crippen LogP contribution in [0.25, 0.3) is 0 Å². The van der Waals surface area contributed by atoms with E-state index in [1.54, 1.807) is 6.08 Å². The number of ether oxygens (including phenoxy) is 1. The van der Waals surface area contributed by atoms with E-state index in [4.69, 9.17) is 4.74 Å². The second-order valence-corrected chi connectivity index (χ2v) is 1.82. The van der Waals surface area contributed by atoms with E-state index in [0.717, 1.165) is 12.7 Å². The molecule has 1 heteroatoms. The van der Waals surface area contributed by atoms with E-state index in [2.05, 4.69) is 13.5 Å². The van der Waals surface area contributed by atoms with Crippen LogP contribution in [0.4, 0.5) is 0 Å². The zero-order chi connectivity index (χ0) is 5.28. The minimum absolute atomic E-state index is 0.623. The van der Waals surface area contributed by atoms with Crippen LogP contribution >= 0.6 is 0 Å². The molecule has 1 saturated heterocycles. The molecule has 1 unspecified atom stereocenters. The lowest BCUT2D eigenvalue weighted by molar-refractivity contribution is 0.00687. The van der Waals surface area contributed by atoms with Gasteiger partial charge in [-0.3, -0.25) is 0 Å². The zero-order valence-electron chi connectivity index (χ0n) is 4.48. The molecule has 0 amide bonds. The van der Waals surface area contributed by atoms with Gasteiger partial charge < -0.3 is 4.74 Å². The van der Waals surface area contributed by atoms with E-state index in [1.165, 1.54) is 0 Å². The second kappa shape index (κ2) is 1.66. The standard InChI is InChI=1S/C6H9O/c1-3-6-5(2)4-7-6/h3,5H,1,4H2,2H3. The fraction of sp³-hybridized carbons (Fsp3) is 0.500. The molecule has 1 heterocycles. The lowest BCUT2D eigenvalue weighted by Crippen LogP contribution is -2.27. The lowest BCUT2D eigenvalue weighted by Gasteiger charge is -2.29. The maximum absolute atomic E-state index is 4.99. The molecule has 0 bridgehead atoms. The van der Waals surface area contributed by atoms with E-state index >= 15 is 0 Å². The molecule has 1 aliphatic heterocycles. The van der Waals surface area contributed by atoms with Gasteiger partial charge in [0.05, 0.1) is 6.61 Å². The third kappa shape index (κ3) is 0.682. The van der Waals surface area contributed by atoms with Crippen molar-refractivity contribution in [3.05, 3.63) is 18.8 Å². The number of rotatable bonds is 1. The highest BCUT2D eigenvalue weighted by molar-refractivity contribution is 5.06. The van der Waals surface area contributed by atoms with Crippen molar-refractivity contribution in [3.63, 3.8) is 0 Å². The third-order valence-electron chi connectivity index (χ3n) is 1.19. The van der Waals surface area contributed by atoms with Crippen LogP contribution in [0.15, 0.2) is 12.7 Å². The minimum Gasteiger partial charge on any atom is -0.367 e. The molecule has 1 fully saturated rings. The summed E-state index contributed by atoms with van der Waals surface area (Å²) >= 11 is 0. The molecule has 0 saturated carbocycles. The average Bonchev–Trinajstić information content (AvgIpc) is 1.65. The average molecular weight is 97.1 g/mol. The van der Waals surface area contributed by atoms with Gasteiger partial charge >= 0.3 is 0 Å². The van der Waals surface area contributed by atoms with Gasteiger partial charge in [0.1, 0.15) is 6.10 Å². The molecule has 39 valence electrons. The van der Waals surface area contributed by atoms with Crippen LogP contribution in [0.3, 0.4) is 0 Å². The molecule has 1 aliphatic rings. The van der Waals surface area contributed by atoms with Crippen LogP contribution in [0.2, 0.25) is 0 Å². The van der Waals surface area contributed by atoms with Crippen LogP contribution in [-0.4, -0.2) is 6.61 Å². The van der Waals surface area contributed by atoms with E-state index in [-0.39, 0.29) is 0 Å². The van der Waals surface area contributed by atoms with Crippen molar-refractivity contribution in [2.45, 2.75) is 6.92 Å². The summed E-state index contributed by atoms with van der Waals surface area (Å²) in [6.45, 7) is 6.57. The summed E-state index contributed by atoms with van der Waals surface area (Å²) in [5, 5.41) is 0. The molecular weight excluding hydrogens is 88.1 g/mol. The quantitative estimate of drug-likeness (QED) is 0.480. The molecule has 0 aliphatic carbocycles. The number of hydrogen-bond donors (Lipinski definition) is 0. The van der Waals surface area contributed by atoms with Gasteiger partial charge in [-0.2, -0.15) is 0 Å². The summed E-state index contributed by atoms with van der Waals surface area (Å²) in [5.74, 6) is 0.623.